The number of aliphatic hydroxyl groups is 1. The van der Waals surface area contributed by atoms with E-state index in [1.54, 1.807) is 36.4 Å². The molecule has 6 N–H and O–H groups in total. The molecule has 522 valence electrons. The van der Waals surface area contributed by atoms with E-state index in [1.165, 1.54) is 78.6 Å². The zero-order chi connectivity index (χ0) is 70.8. The summed E-state index contributed by atoms with van der Waals surface area (Å²) in [5.41, 5.74) is 19.8. The van der Waals surface area contributed by atoms with Crippen LogP contribution in [0.5, 0.6) is 17.2 Å². The van der Waals surface area contributed by atoms with Crippen LogP contribution in [0.3, 0.4) is 0 Å². The van der Waals surface area contributed by atoms with Gasteiger partial charge >= 0.3 is 11.9 Å². The Labute approximate surface area is 597 Å². The van der Waals surface area contributed by atoms with Gasteiger partial charge in [-0.15, -0.1) is 0 Å². The predicted molar refractivity (Wildman–Crippen MR) is 411 cm³/mol. The summed E-state index contributed by atoms with van der Waals surface area (Å²) < 4.78 is 0. The molecule has 4 aliphatic rings. The van der Waals surface area contributed by atoms with Gasteiger partial charge in [0.1, 0.15) is 17.2 Å². The molecule has 0 radical (unpaired) electrons. The van der Waals surface area contributed by atoms with Gasteiger partial charge in [-0.2, -0.15) is 0 Å². The number of aliphatic carboxylic acids is 2. The summed E-state index contributed by atoms with van der Waals surface area (Å²) in [5.74, 6) is 0.738. The maximum atomic E-state index is 11.5. The van der Waals surface area contributed by atoms with Gasteiger partial charge in [-0.25, -0.2) is 0 Å². The normalized spacial score (nSPS) is 17.9. The third kappa shape index (κ3) is 19.5. The SMILES string of the molecule is CC(C)N1CCC(c2ccc(/C(=C(/CCC(=O)O)c3ccccc3)c3cccc(O)c3)cc2)C1.CC(C)N1CCC(c2ccc(/C(=C(/CCCO)c3ccccc3)c3ccc(O)cc3)cc2)C1.O=C(O)CC/C(=C(\c1ccc(O)cc1)c1ccc(C2CCN(C3CC3)C2)cc1)c1ccccc1. The van der Waals surface area contributed by atoms with E-state index in [2.05, 4.69) is 139 Å². The summed E-state index contributed by atoms with van der Waals surface area (Å²) in [6, 6.07) is 80.9. The first-order chi connectivity index (χ1) is 49.1. The van der Waals surface area contributed by atoms with Crippen molar-refractivity contribution in [2.45, 2.75) is 134 Å². The zero-order valence-corrected chi connectivity index (χ0v) is 59.1. The third-order valence-electron chi connectivity index (χ3n) is 20.7. The van der Waals surface area contributed by atoms with E-state index in [9.17, 15) is 40.2 Å². The van der Waals surface area contributed by atoms with E-state index in [0.29, 0.717) is 49.1 Å². The minimum Gasteiger partial charge on any atom is -0.508 e. The smallest absolute Gasteiger partial charge is 0.303 e. The third-order valence-corrected chi connectivity index (χ3v) is 20.7. The van der Waals surface area contributed by atoms with Gasteiger partial charge in [-0.3, -0.25) is 14.5 Å². The Morgan fingerprint density at radius 2 is 0.693 bits per heavy atom. The topological polar surface area (TPSA) is 165 Å². The molecule has 13 rings (SSSR count). The number of phenolic OH excluding ortho intramolecular Hbond substituents is 3. The fourth-order valence-corrected chi connectivity index (χ4v) is 15.0. The lowest BCUT2D eigenvalue weighted by Crippen LogP contribution is -2.27. The van der Waals surface area contributed by atoms with Crippen molar-refractivity contribution >= 4 is 45.4 Å². The van der Waals surface area contributed by atoms with Crippen LogP contribution >= 0.6 is 0 Å². The number of carboxylic acid groups (broad SMARTS) is 2. The molecule has 4 fully saturated rings. The second-order valence-electron chi connectivity index (χ2n) is 28.1. The summed E-state index contributed by atoms with van der Waals surface area (Å²) in [6.45, 7) is 16.1. The highest BCUT2D eigenvalue weighted by molar-refractivity contribution is 6.01. The van der Waals surface area contributed by atoms with Crippen molar-refractivity contribution in [1.29, 1.82) is 0 Å². The average Bonchev–Trinajstić information content (AvgIpc) is 0.993. The number of benzene rings is 9. The quantitative estimate of drug-likeness (QED) is 0.0319. The molecule has 3 unspecified atom stereocenters. The molecule has 0 aromatic heterocycles. The lowest BCUT2D eigenvalue weighted by molar-refractivity contribution is -0.137. The summed E-state index contributed by atoms with van der Waals surface area (Å²) in [4.78, 5) is 30.7. The number of likely N-dealkylation sites (tertiary alicyclic amines) is 3. The van der Waals surface area contributed by atoms with E-state index < -0.39 is 11.9 Å². The molecule has 1 saturated carbocycles. The van der Waals surface area contributed by atoms with Crippen molar-refractivity contribution in [3.63, 3.8) is 0 Å². The summed E-state index contributed by atoms with van der Waals surface area (Å²) in [5, 5.41) is 58.4. The van der Waals surface area contributed by atoms with Gasteiger partial charge in [0.15, 0.2) is 0 Å². The molecule has 0 spiro atoms. The fraction of sp³-hybridized carbons (Fsp3) is 0.311. The first-order valence-corrected chi connectivity index (χ1v) is 36.4. The van der Waals surface area contributed by atoms with Crippen LogP contribution in [0.15, 0.2) is 237 Å². The summed E-state index contributed by atoms with van der Waals surface area (Å²) in [6.07, 6.45) is 8.71. The van der Waals surface area contributed by atoms with E-state index in [0.717, 1.165) is 105 Å². The van der Waals surface area contributed by atoms with Gasteiger partial charge < -0.3 is 40.4 Å². The number of rotatable bonds is 24. The van der Waals surface area contributed by atoms with Gasteiger partial charge in [0.2, 0.25) is 0 Å². The van der Waals surface area contributed by atoms with Crippen LogP contribution in [0, 0.1) is 0 Å². The lowest BCUT2D eigenvalue weighted by atomic mass is 9.86. The molecule has 3 aliphatic heterocycles. The number of hydrogen-bond acceptors (Lipinski definition) is 9. The fourth-order valence-electron chi connectivity index (χ4n) is 15.0. The molecule has 1 aliphatic carbocycles. The van der Waals surface area contributed by atoms with Crippen molar-refractivity contribution in [3.05, 3.63) is 303 Å². The van der Waals surface area contributed by atoms with Gasteiger partial charge in [0, 0.05) is 57.2 Å². The van der Waals surface area contributed by atoms with Gasteiger partial charge in [-0.05, 0) is 259 Å². The number of nitrogens with zero attached hydrogens (tertiary/aromatic N) is 3. The Morgan fingerprint density at radius 3 is 1.03 bits per heavy atom. The van der Waals surface area contributed by atoms with Gasteiger partial charge in [0.25, 0.3) is 0 Å². The van der Waals surface area contributed by atoms with Crippen LogP contribution in [-0.2, 0) is 9.59 Å². The molecule has 3 atom stereocenters. The van der Waals surface area contributed by atoms with Crippen LogP contribution in [0.1, 0.15) is 183 Å². The van der Waals surface area contributed by atoms with Gasteiger partial charge in [0.05, 0.1) is 0 Å². The second kappa shape index (κ2) is 35.1. The van der Waals surface area contributed by atoms with E-state index in [4.69, 9.17) is 0 Å². The van der Waals surface area contributed by atoms with Crippen molar-refractivity contribution < 1.29 is 40.2 Å². The predicted octanol–water partition coefficient (Wildman–Crippen LogP) is 18.9. The van der Waals surface area contributed by atoms with Crippen LogP contribution in [0.25, 0.3) is 33.4 Å². The van der Waals surface area contributed by atoms with Crippen LogP contribution in [0.2, 0.25) is 0 Å². The highest BCUT2D eigenvalue weighted by Crippen LogP contribution is 2.42. The highest BCUT2D eigenvalue weighted by Gasteiger charge is 2.35. The number of aromatic hydroxyl groups is 3. The number of aliphatic hydroxyl groups excluding tert-OH is 1. The monoisotopic (exact) mass is 1350 g/mol. The van der Waals surface area contributed by atoms with Crippen molar-refractivity contribution in [2.24, 2.45) is 0 Å². The first kappa shape index (κ1) is 72.6. The average molecular weight is 1350 g/mol. The van der Waals surface area contributed by atoms with Crippen LogP contribution < -0.4 is 0 Å². The Hall–Kier alpha value is -9.62. The minimum absolute atomic E-state index is 0.0394. The van der Waals surface area contributed by atoms with Crippen LogP contribution in [0.4, 0.5) is 0 Å². The summed E-state index contributed by atoms with van der Waals surface area (Å²) >= 11 is 0. The Morgan fingerprint density at radius 1 is 0.356 bits per heavy atom. The molecule has 11 nitrogen and oxygen atoms in total. The number of phenols is 3. The van der Waals surface area contributed by atoms with Gasteiger partial charge in [-0.1, -0.05) is 200 Å². The van der Waals surface area contributed by atoms with Crippen molar-refractivity contribution in [1.82, 2.24) is 14.7 Å². The highest BCUT2D eigenvalue weighted by atomic mass is 16.4. The van der Waals surface area contributed by atoms with E-state index in [-0.39, 0.29) is 36.7 Å². The molecule has 3 heterocycles. The molecule has 3 saturated heterocycles. The molecule has 9 aromatic rings. The molecular formula is C90H99N3O8. The van der Waals surface area contributed by atoms with Crippen molar-refractivity contribution in [3.8, 4) is 17.2 Å². The molecule has 101 heavy (non-hydrogen) atoms. The first-order valence-electron chi connectivity index (χ1n) is 36.4. The number of hydrogen-bond donors (Lipinski definition) is 6. The minimum atomic E-state index is -0.824. The number of carbonyl (C=O) groups is 2. The zero-order valence-electron chi connectivity index (χ0n) is 59.1. The lowest BCUT2D eigenvalue weighted by Gasteiger charge is -2.21. The van der Waals surface area contributed by atoms with E-state index in [1.807, 2.05) is 103 Å². The Bertz CT molecular complexity index is 4240. The Kier molecular flexibility index (Phi) is 25.3. The van der Waals surface area contributed by atoms with Crippen molar-refractivity contribution in [2.75, 3.05) is 45.9 Å². The second-order valence-corrected chi connectivity index (χ2v) is 28.1. The maximum absolute atomic E-state index is 11.5. The number of carboxylic acids is 2. The molecular weight excluding hydrogens is 1250 g/mol. The maximum Gasteiger partial charge on any atom is 0.303 e. The standard InChI is InChI=1S/C30H31NO3.C30H33NO3.C30H35NO2/c32-27-14-10-24(11-15-27)30(28(16-17-29(33)34)22-4-2-1-3-5-22)23-8-6-21(7-9-23)25-18-19-31(20-25)26-12-13-26;1-21(2)31-18-17-26(20-31)22-11-13-24(14-12-22)30(25-9-6-10-27(32)19-25)28(15-16-29(33)34)23-7-4-3-5-8-23;1-22(2)31-19-18-27(21-31)23-10-12-25(13-11-23)30(26-14-16-28(33)17-15-26)29(9-6-20-32)24-7-4-3-5-8-24/h1-11,14-15,25-26,32H,12-13,16-20H2,(H,33,34);3-14,19,21,26,32H,15-18,20H2,1-2H3,(H,33,34);3-5,7-8,10-17,22,27,32-33H,6,9,18-21H2,1-2H3/b2*30-28+;30-29+. The molecule has 11 heteroatoms. The largest absolute Gasteiger partial charge is 0.508 e. The number of allylic oxidation sites excluding steroid dienone is 3. The molecule has 9 aromatic carbocycles. The molecule has 0 amide bonds. The Balaban J connectivity index is 0.000000153. The van der Waals surface area contributed by atoms with E-state index >= 15 is 0 Å². The van der Waals surface area contributed by atoms with Crippen LogP contribution in [-0.4, -0.2) is 121 Å². The molecule has 0 bridgehead atoms. The summed E-state index contributed by atoms with van der Waals surface area (Å²) in [7, 11) is 0.